The zero-order valence-corrected chi connectivity index (χ0v) is 6.64. The van der Waals surface area contributed by atoms with Gasteiger partial charge in [-0.2, -0.15) is 0 Å². The van der Waals surface area contributed by atoms with E-state index in [1.807, 2.05) is 6.92 Å². The van der Waals surface area contributed by atoms with E-state index < -0.39 is 11.2 Å². The predicted octanol–water partition coefficient (Wildman–Crippen LogP) is 1.89. The minimum atomic E-state index is -0.933. The minimum absolute atomic E-state index is 0.355. The number of rotatable bonds is 1. The van der Waals surface area contributed by atoms with Crippen LogP contribution in [0.25, 0.3) is 0 Å². The molecular weight excluding hydrogens is 156 g/mol. The monoisotopic (exact) mass is 164 g/mol. The number of hydrogen-bond donors (Lipinski definition) is 0. The smallest absolute Gasteiger partial charge is 0.426 e. The summed E-state index contributed by atoms with van der Waals surface area (Å²) in [6.45, 7) is 3.55. The number of ether oxygens (including phenoxy) is 2. The number of carbonyl (C=O) groups is 1. The minimum Gasteiger partial charge on any atom is -0.426 e. The number of hydrogen-bond acceptors (Lipinski definition) is 3. The molecule has 10 heavy (non-hydrogen) atoms. The van der Waals surface area contributed by atoms with Gasteiger partial charge in [-0.25, -0.2) is 4.79 Å². The van der Waals surface area contributed by atoms with Crippen LogP contribution in [-0.4, -0.2) is 17.3 Å². The lowest BCUT2D eigenvalue weighted by molar-refractivity contribution is 0.102. The Bertz CT molecular complexity index is 159. The first kappa shape index (κ1) is 7.66. The molecule has 0 aromatic carbocycles. The van der Waals surface area contributed by atoms with E-state index in [4.69, 9.17) is 16.3 Å². The van der Waals surface area contributed by atoms with E-state index in [0.29, 0.717) is 6.42 Å². The van der Waals surface area contributed by atoms with E-state index in [2.05, 4.69) is 4.74 Å². The summed E-state index contributed by atoms with van der Waals surface area (Å²) >= 11 is 5.83. The van der Waals surface area contributed by atoms with Gasteiger partial charge in [0.05, 0.1) is 0 Å². The Morgan fingerprint density at radius 2 is 2.40 bits per heavy atom. The predicted molar refractivity (Wildman–Crippen MR) is 35.9 cm³/mol. The van der Waals surface area contributed by atoms with Crippen LogP contribution >= 0.6 is 11.6 Å². The molecular formula is C6H9ClO3. The third-order valence-corrected chi connectivity index (χ3v) is 2.27. The van der Waals surface area contributed by atoms with Crippen molar-refractivity contribution in [3.8, 4) is 0 Å². The van der Waals surface area contributed by atoms with Gasteiger partial charge in [-0.3, -0.25) is 0 Å². The van der Waals surface area contributed by atoms with Gasteiger partial charge in [-0.1, -0.05) is 18.5 Å². The lowest BCUT2D eigenvalue weighted by Gasteiger charge is -2.18. The standard InChI is InChI=1S/C6H9ClO3/c1-3-6(7)4(2)9-5(8)10-6/h4H,3H2,1-2H3. The summed E-state index contributed by atoms with van der Waals surface area (Å²) < 4.78 is 9.39. The van der Waals surface area contributed by atoms with Crippen LogP contribution in [0.15, 0.2) is 0 Å². The summed E-state index contributed by atoms with van der Waals surface area (Å²) in [6, 6.07) is 0. The Hall–Kier alpha value is -0.440. The molecule has 58 valence electrons. The molecule has 2 atom stereocenters. The Kier molecular flexibility index (Phi) is 1.77. The van der Waals surface area contributed by atoms with Crippen molar-refractivity contribution in [3.05, 3.63) is 0 Å². The summed E-state index contributed by atoms with van der Waals surface area (Å²) in [5.74, 6) is 0. The van der Waals surface area contributed by atoms with Crippen molar-refractivity contribution < 1.29 is 14.3 Å². The largest absolute Gasteiger partial charge is 0.510 e. The van der Waals surface area contributed by atoms with Crippen molar-refractivity contribution >= 4 is 17.8 Å². The topological polar surface area (TPSA) is 35.5 Å². The van der Waals surface area contributed by atoms with Crippen molar-refractivity contribution in [2.24, 2.45) is 0 Å². The molecule has 1 aliphatic rings. The average Bonchev–Trinajstić information content (AvgIpc) is 2.09. The first-order chi connectivity index (χ1) is 4.58. The third kappa shape index (κ3) is 1.06. The molecule has 0 spiro atoms. The van der Waals surface area contributed by atoms with E-state index in [1.54, 1.807) is 6.92 Å². The normalized spacial score (nSPS) is 39.1. The first-order valence-corrected chi connectivity index (χ1v) is 3.55. The highest BCUT2D eigenvalue weighted by Crippen LogP contribution is 2.33. The quantitative estimate of drug-likeness (QED) is 0.439. The Morgan fingerprint density at radius 3 is 2.60 bits per heavy atom. The van der Waals surface area contributed by atoms with Gasteiger partial charge in [0.15, 0.2) is 6.10 Å². The van der Waals surface area contributed by atoms with Crippen LogP contribution in [0.1, 0.15) is 20.3 Å². The number of alkyl halides is 1. The molecule has 4 heteroatoms. The second-order valence-corrected chi connectivity index (χ2v) is 2.89. The summed E-state index contributed by atoms with van der Waals surface area (Å²) in [5, 5.41) is -0.933. The van der Waals surface area contributed by atoms with Crippen LogP contribution in [0.4, 0.5) is 4.79 Å². The number of carbonyl (C=O) groups excluding carboxylic acids is 1. The molecule has 0 amide bonds. The molecule has 1 rings (SSSR count). The fourth-order valence-electron chi connectivity index (χ4n) is 0.838. The summed E-state index contributed by atoms with van der Waals surface area (Å²) in [4.78, 5) is 10.5. The fourth-order valence-corrected chi connectivity index (χ4v) is 0.945. The van der Waals surface area contributed by atoms with Crippen LogP contribution in [0.3, 0.4) is 0 Å². The van der Waals surface area contributed by atoms with Gasteiger partial charge in [0.2, 0.25) is 5.06 Å². The Balaban J connectivity index is 2.70. The third-order valence-electron chi connectivity index (χ3n) is 1.62. The lowest BCUT2D eigenvalue weighted by Crippen LogP contribution is -2.30. The van der Waals surface area contributed by atoms with Gasteiger partial charge >= 0.3 is 6.16 Å². The van der Waals surface area contributed by atoms with Crippen molar-refractivity contribution in [2.45, 2.75) is 31.4 Å². The van der Waals surface area contributed by atoms with Crippen LogP contribution < -0.4 is 0 Å². The highest BCUT2D eigenvalue weighted by Gasteiger charge is 2.45. The highest BCUT2D eigenvalue weighted by atomic mass is 35.5. The fraction of sp³-hybridized carbons (Fsp3) is 0.833. The van der Waals surface area contributed by atoms with E-state index in [1.165, 1.54) is 0 Å². The van der Waals surface area contributed by atoms with E-state index in [0.717, 1.165) is 0 Å². The van der Waals surface area contributed by atoms with Crippen LogP contribution in [-0.2, 0) is 9.47 Å². The van der Waals surface area contributed by atoms with Crippen LogP contribution in [0.5, 0.6) is 0 Å². The molecule has 1 aliphatic heterocycles. The maximum atomic E-state index is 10.5. The average molecular weight is 165 g/mol. The molecule has 0 N–H and O–H groups in total. The number of halogens is 1. The maximum absolute atomic E-state index is 10.5. The van der Waals surface area contributed by atoms with Crippen molar-refractivity contribution in [2.75, 3.05) is 0 Å². The van der Waals surface area contributed by atoms with E-state index in [-0.39, 0.29) is 6.10 Å². The Labute approximate surface area is 64.3 Å². The van der Waals surface area contributed by atoms with Crippen molar-refractivity contribution in [1.29, 1.82) is 0 Å². The zero-order chi connectivity index (χ0) is 7.78. The molecule has 3 nitrogen and oxygen atoms in total. The second kappa shape index (κ2) is 2.31. The number of cyclic esters (lactones) is 2. The van der Waals surface area contributed by atoms with Crippen LogP contribution in [0, 0.1) is 0 Å². The molecule has 0 saturated carbocycles. The molecule has 1 saturated heterocycles. The van der Waals surface area contributed by atoms with Crippen molar-refractivity contribution in [1.82, 2.24) is 0 Å². The summed E-state index contributed by atoms with van der Waals surface area (Å²) in [5.41, 5.74) is 0. The molecule has 1 fully saturated rings. The summed E-state index contributed by atoms with van der Waals surface area (Å²) in [7, 11) is 0. The zero-order valence-electron chi connectivity index (χ0n) is 5.89. The van der Waals surface area contributed by atoms with Gasteiger partial charge < -0.3 is 9.47 Å². The lowest BCUT2D eigenvalue weighted by atomic mass is 10.2. The molecule has 0 aromatic heterocycles. The van der Waals surface area contributed by atoms with Gasteiger partial charge in [0.25, 0.3) is 0 Å². The Morgan fingerprint density at radius 1 is 1.80 bits per heavy atom. The molecule has 0 bridgehead atoms. The van der Waals surface area contributed by atoms with Gasteiger partial charge in [-0.05, 0) is 6.92 Å². The van der Waals surface area contributed by atoms with Crippen LogP contribution in [0.2, 0.25) is 0 Å². The highest BCUT2D eigenvalue weighted by molar-refractivity contribution is 6.24. The molecule has 0 aromatic rings. The van der Waals surface area contributed by atoms with Crippen molar-refractivity contribution in [3.63, 3.8) is 0 Å². The molecule has 1 heterocycles. The van der Waals surface area contributed by atoms with Gasteiger partial charge in [0, 0.05) is 6.42 Å². The summed E-state index contributed by atoms with van der Waals surface area (Å²) in [6.07, 6.45) is -0.474. The first-order valence-electron chi connectivity index (χ1n) is 3.17. The SMILES string of the molecule is CCC1(Cl)OC(=O)OC1C. The van der Waals surface area contributed by atoms with E-state index >= 15 is 0 Å². The van der Waals surface area contributed by atoms with E-state index in [9.17, 15) is 4.79 Å². The van der Waals surface area contributed by atoms with Gasteiger partial charge in [-0.15, -0.1) is 0 Å². The maximum Gasteiger partial charge on any atom is 0.510 e. The molecule has 0 radical (unpaired) electrons. The second-order valence-electron chi connectivity index (χ2n) is 2.25. The molecule has 2 unspecified atom stereocenters. The van der Waals surface area contributed by atoms with Gasteiger partial charge in [0.1, 0.15) is 0 Å². The molecule has 0 aliphatic carbocycles.